The van der Waals surface area contributed by atoms with Crippen LogP contribution in [0.15, 0.2) is 59.7 Å². The van der Waals surface area contributed by atoms with Crippen LogP contribution in [-0.2, 0) is 6.42 Å². The first-order valence-electron chi connectivity index (χ1n) is 10.2. The normalized spacial score (nSPS) is 17.1. The summed E-state index contributed by atoms with van der Waals surface area (Å²) in [5.41, 5.74) is 3.37. The molecular formula is C23H28FN5. The minimum Gasteiger partial charge on any atom is -0.371 e. The molecule has 152 valence electrons. The number of hydrogen-bond acceptors (Lipinski definition) is 2. The Bertz CT molecular complexity index is 966. The van der Waals surface area contributed by atoms with Gasteiger partial charge in [0.05, 0.1) is 0 Å². The van der Waals surface area contributed by atoms with Crippen molar-refractivity contribution in [2.24, 2.45) is 10.9 Å². The van der Waals surface area contributed by atoms with E-state index in [1.54, 1.807) is 19.2 Å². The van der Waals surface area contributed by atoms with Crippen LogP contribution < -0.4 is 15.5 Å². The predicted octanol–water partition coefficient (Wildman–Crippen LogP) is 3.54. The lowest BCUT2D eigenvalue weighted by atomic mass is 10.1. The van der Waals surface area contributed by atoms with Gasteiger partial charge in [-0.25, -0.2) is 4.39 Å². The number of aromatic nitrogens is 1. The summed E-state index contributed by atoms with van der Waals surface area (Å²) >= 11 is 0. The van der Waals surface area contributed by atoms with E-state index >= 15 is 0 Å². The third-order valence-corrected chi connectivity index (χ3v) is 5.61. The van der Waals surface area contributed by atoms with E-state index in [-0.39, 0.29) is 5.82 Å². The van der Waals surface area contributed by atoms with Gasteiger partial charge < -0.3 is 20.5 Å². The lowest BCUT2D eigenvalue weighted by Crippen LogP contribution is -2.41. The molecule has 5 nitrogen and oxygen atoms in total. The van der Waals surface area contributed by atoms with E-state index in [9.17, 15) is 4.39 Å². The van der Waals surface area contributed by atoms with Crippen molar-refractivity contribution in [2.75, 3.05) is 38.1 Å². The van der Waals surface area contributed by atoms with E-state index in [1.807, 2.05) is 6.20 Å². The number of hydrogen-bond donors (Lipinski definition) is 3. The van der Waals surface area contributed by atoms with Crippen molar-refractivity contribution < 1.29 is 4.39 Å². The summed E-state index contributed by atoms with van der Waals surface area (Å²) in [6, 6.07) is 15.4. The quantitative estimate of drug-likeness (QED) is 0.444. The van der Waals surface area contributed by atoms with E-state index < -0.39 is 0 Å². The second kappa shape index (κ2) is 8.99. The summed E-state index contributed by atoms with van der Waals surface area (Å²) in [5.74, 6) is 1.21. The molecule has 0 radical (unpaired) electrons. The molecule has 0 spiro atoms. The number of anilines is 1. The molecule has 6 heteroatoms. The summed E-state index contributed by atoms with van der Waals surface area (Å²) in [6.45, 7) is 3.81. The molecule has 1 atom stereocenters. The molecule has 1 aliphatic rings. The summed E-state index contributed by atoms with van der Waals surface area (Å²) in [5, 5.41) is 7.77. The Hall–Kier alpha value is -3.02. The topological polar surface area (TPSA) is 55.5 Å². The average molecular weight is 394 g/mol. The molecule has 2 aromatic carbocycles. The van der Waals surface area contributed by atoms with Crippen LogP contribution in [0.2, 0.25) is 0 Å². The molecule has 2 heterocycles. The minimum atomic E-state index is -0.204. The molecule has 29 heavy (non-hydrogen) atoms. The van der Waals surface area contributed by atoms with Gasteiger partial charge in [-0.3, -0.25) is 4.99 Å². The SMILES string of the molecule is CN=C(NCCc1c[nH]c2ccc(F)cc12)NCC1CCN(c2ccccc2)C1. The Morgan fingerprint density at radius 1 is 1.21 bits per heavy atom. The number of H-pyrrole nitrogens is 1. The number of aliphatic imine (C=N–C) groups is 1. The molecule has 1 aliphatic heterocycles. The summed E-state index contributed by atoms with van der Waals surface area (Å²) in [4.78, 5) is 9.98. The van der Waals surface area contributed by atoms with Crippen LogP contribution >= 0.6 is 0 Å². The first-order valence-corrected chi connectivity index (χ1v) is 10.2. The van der Waals surface area contributed by atoms with E-state index in [0.717, 1.165) is 55.0 Å². The van der Waals surface area contributed by atoms with Gasteiger partial charge in [0.15, 0.2) is 5.96 Å². The molecule has 1 aromatic heterocycles. The number of rotatable bonds is 6. The van der Waals surface area contributed by atoms with Crippen molar-refractivity contribution in [3.05, 3.63) is 66.1 Å². The fraction of sp³-hybridized carbons (Fsp3) is 0.348. The lowest BCUT2D eigenvalue weighted by Gasteiger charge is -2.19. The predicted molar refractivity (Wildman–Crippen MR) is 118 cm³/mol. The number of aromatic amines is 1. The Morgan fingerprint density at radius 3 is 2.90 bits per heavy atom. The van der Waals surface area contributed by atoms with Crippen molar-refractivity contribution in [1.82, 2.24) is 15.6 Å². The monoisotopic (exact) mass is 393 g/mol. The van der Waals surface area contributed by atoms with Gasteiger partial charge >= 0.3 is 0 Å². The average Bonchev–Trinajstić information content (AvgIpc) is 3.38. The van der Waals surface area contributed by atoms with Crippen molar-refractivity contribution in [3.63, 3.8) is 0 Å². The maximum absolute atomic E-state index is 13.5. The standard InChI is InChI=1S/C23H28FN5/c1-25-23(26-11-9-18-15-27-22-8-7-19(24)13-21(18)22)28-14-17-10-12-29(16-17)20-5-3-2-4-6-20/h2-8,13,15,17,27H,9-12,14,16H2,1H3,(H2,25,26,28). The largest absolute Gasteiger partial charge is 0.371 e. The van der Waals surface area contributed by atoms with Gasteiger partial charge in [0.25, 0.3) is 0 Å². The summed E-state index contributed by atoms with van der Waals surface area (Å²) in [6.07, 6.45) is 3.94. The highest BCUT2D eigenvalue weighted by Crippen LogP contribution is 2.23. The molecule has 1 saturated heterocycles. The van der Waals surface area contributed by atoms with Crippen LogP contribution in [0.3, 0.4) is 0 Å². The molecule has 4 rings (SSSR count). The first-order chi connectivity index (χ1) is 14.2. The van der Waals surface area contributed by atoms with E-state index in [2.05, 4.69) is 55.8 Å². The fourth-order valence-corrected chi connectivity index (χ4v) is 4.01. The number of nitrogens with zero attached hydrogens (tertiary/aromatic N) is 2. The van der Waals surface area contributed by atoms with Crippen LogP contribution in [-0.4, -0.2) is 44.2 Å². The first kappa shape index (κ1) is 19.3. The Morgan fingerprint density at radius 2 is 2.07 bits per heavy atom. The second-order valence-corrected chi connectivity index (χ2v) is 7.57. The van der Waals surface area contributed by atoms with Crippen LogP contribution in [0.4, 0.5) is 10.1 Å². The van der Waals surface area contributed by atoms with Crippen LogP contribution in [0.1, 0.15) is 12.0 Å². The highest BCUT2D eigenvalue weighted by Gasteiger charge is 2.22. The number of fused-ring (bicyclic) bond motifs is 1. The van der Waals surface area contributed by atoms with Gasteiger partial charge in [0, 0.05) is 56.0 Å². The van der Waals surface area contributed by atoms with E-state index in [1.165, 1.54) is 18.2 Å². The molecule has 3 aromatic rings. The Labute approximate surface area is 171 Å². The van der Waals surface area contributed by atoms with E-state index in [4.69, 9.17) is 0 Å². The summed E-state index contributed by atoms with van der Waals surface area (Å²) < 4.78 is 13.5. The zero-order valence-corrected chi connectivity index (χ0v) is 16.8. The second-order valence-electron chi connectivity index (χ2n) is 7.57. The number of halogens is 1. The van der Waals surface area contributed by atoms with Gasteiger partial charge in [0.1, 0.15) is 5.82 Å². The molecule has 1 fully saturated rings. The zero-order valence-electron chi connectivity index (χ0n) is 16.8. The van der Waals surface area contributed by atoms with Gasteiger partial charge in [0.2, 0.25) is 0 Å². The zero-order chi connectivity index (χ0) is 20.1. The Kier molecular flexibility index (Phi) is 5.98. The maximum Gasteiger partial charge on any atom is 0.190 e. The molecule has 0 amide bonds. The van der Waals surface area contributed by atoms with Crippen molar-refractivity contribution >= 4 is 22.5 Å². The van der Waals surface area contributed by atoms with Gasteiger partial charge in [-0.15, -0.1) is 0 Å². The molecule has 3 N–H and O–H groups in total. The highest BCUT2D eigenvalue weighted by molar-refractivity contribution is 5.83. The number of benzene rings is 2. The van der Waals surface area contributed by atoms with Crippen molar-refractivity contribution in [2.45, 2.75) is 12.8 Å². The van der Waals surface area contributed by atoms with Crippen LogP contribution in [0.5, 0.6) is 0 Å². The number of para-hydroxylation sites is 1. The highest BCUT2D eigenvalue weighted by atomic mass is 19.1. The van der Waals surface area contributed by atoms with Crippen LogP contribution in [0.25, 0.3) is 10.9 Å². The van der Waals surface area contributed by atoms with E-state index in [0.29, 0.717) is 5.92 Å². The van der Waals surface area contributed by atoms with Crippen molar-refractivity contribution in [1.29, 1.82) is 0 Å². The third-order valence-electron chi connectivity index (χ3n) is 5.61. The lowest BCUT2D eigenvalue weighted by molar-refractivity contribution is 0.566. The third kappa shape index (κ3) is 4.70. The molecule has 0 aliphatic carbocycles. The van der Waals surface area contributed by atoms with Gasteiger partial charge in [-0.05, 0) is 54.7 Å². The van der Waals surface area contributed by atoms with Crippen molar-refractivity contribution in [3.8, 4) is 0 Å². The number of guanidine groups is 1. The smallest absolute Gasteiger partial charge is 0.190 e. The summed E-state index contributed by atoms with van der Waals surface area (Å²) in [7, 11) is 1.79. The fourth-order valence-electron chi connectivity index (χ4n) is 4.01. The molecule has 1 unspecified atom stereocenters. The Balaban J connectivity index is 1.23. The molecule has 0 bridgehead atoms. The molecule has 0 saturated carbocycles. The maximum atomic E-state index is 13.5. The minimum absolute atomic E-state index is 0.204. The van der Waals surface area contributed by atoms with Gasteiger partial charge in [-0.2, -0.15) is 0 Å². The van der Waals surface area contributed by atoms with Gasteiger partial charge in [-0.1, -0.05) is 18.2 Å². The number of nitrogens with one attached hydrogen (secondary N) is 3. The molecular weight excluding hydrogens is 365 g/mol. The van der Waals surface area contributed by atoms with Crippen LogP contribution in [0, 0.1) is 11.7 Å².